The molecule has 3 heterocycles. The van der Waals surface area contributed by atoms with E-state index >= 15 is 0 Å². The normalized spacial score (nSPS) is 10.3. The van der Waals surface area contributed by atoms with Crippen LogP contribution in [0, 0.1) is 0 Å². The highest BCUT2D eigenvalue weighted by molar-refractivity contribution is 7.80. The second-order valence-electron chi connectivity index (χ2n) is 4.61. The van der Waals surface area contributed by atoms with E-state index in [0.717, 1.165) is 33.2 Å². The van der Waals surface area contributed by atoms with E-state index in [4.69, 9.17) is 12.2 Å². The number of rotatable bonds is 3. The number of hydrogen-bond acceptors (Lipinski definition) is 4. The van der Waals surface area contributed by atoms with E-state index in [1.807, 2.05) is 55.5 Å². The summed E-state index contributed by atoms with van der Waals surface area (Å²) in [5.74, 6) is 0. The number of aromatic nitrogens is 3. The fourth-order valence-corrected chi connectivity index (χ4v) is 2.14. The van der Waals surface area contributed by atoms with E-state index in [1.165, 1.54) is 0 Å². The molecule has 21 heavy (non-hydrogen) atoms. The molecular weight excluding hydrogens is 278 g/mol. The first-order valence-electron chi connectivity index (χ1n) is 6.60. The average molecular weight is 291 g/mol. The SMILES string of the molecule is CC(=S)c1cc(-c2ccccn2)nc(-c2ccccn2)c1. The molecule has 3 rings (SSSR count). The summed E-state index contributed by atoms with van der Waals surface area (Å²) in [5.41, 5.74) is 4.23. The lowest BCUT2D eigenvalue weighted by atomic mass is 10.1. The van der Waals surface area contributed by atoms with Gasteiger partial charge in [-0.05, 0) is 48.9 Å². The molecule has 3 aromatic rings. The largest absolute Gasteiger partial charge is 0.255 e. The Morgan fingerprint density at radius 1 is 0.810 bits per heavy atom. The Balaban J connectivity index is 2.18. The predicted octanol–water partition coefficient (Wildman–Crippen LogP) is 3.94. The molecule has 0 fully saturated rings. The van der Waals surface area contributed by atoms with Gasteiger partial charge in [-0.25, -0.2) is 4.98 Å². The lowest BCUT2D eigenvalue weighted by Gasteiger charge is -2.07. The molecule has 0 aliphatic carbocycles. The topological polar surface area (TPSA) is 38.7 Å². The van der Waals surface area contributed by atoms with Gasteiger partial charge in [0.2, 0.25) is 0 Å². The van der Waals surface area contributed by atoms with Crippen LogP contribution in [0.1, 0.15) is 12.5 Å². The summed E-state index contributed by atoms with van der Waals surface area (Å²) in [7, 11) is 0. The van der Waals surface area contributed by atoms with Crippen molar-refractivity contribution < 1.29 is 0 Å². The molecule has 4 heteroatoms. The van der Waals surface area contributed by atoms with E-state index in [2.05, 4.69) is 15.0 Å². The first kappa shape index (κ1) is 13.5. The summed E-state index contributed by atoms with van der Waals surface area (Å²) >= 11 is 5.31. The minimum Gasteiger partial charge on any atom is -0.255 e. The molecule has 0 atom stereocenters. The van der Waals surface area contributed by atoms with Crippen molar-refractivity contribution in [3.05, 3.63) is 66.5 Å². The number of nitrogens with zero attached hydrogens (tertiary/aromatic N) is 3. The molecule has 0 saturated carbocycles. The van der Waals surface area contributed by atoms with Gasteiger partial charge in [0, 0.05) is 17.3 Å². The minimum absolute atomic E-state index is 0.804. The Morgan fingerprint density at radius 3 is 1.71 bits per heavy atom. The van der Waals surface area contributed by atoms with Crippen LogP contribution in [0.15, 0.2) is 60.9 Å². The van der Waals surface area contributed by atoms with Gasteiger partial charge in [0.25, 0.3) is 0 Å². The maximum Gasteiger partial charge on any atom is 0.0900 e. The molecule has 0 aromatic carbocycles. The van der Waals surface area contributed by atoms with E-state index in [-0.39, 0.29) is 0 Å². The monoisotopic (exact) mass is 291 g/mol. The van der Waals surface area contributed by atoms with Gasteiger partial charge >= 0.3 is 0 Å². The Kier molecular flexibility index (Phi) is 3.79. The van der Waals surface area contributed by atoms with Crippen LogP contribution in [0.4, 0.5) is 0 Å². The second kappa shape index (κ2) is 5.89. The highest BCUT2D eigenvalue weighted by Gasteiger charge is 2.09. The predicted molar refractivity (Wildman–Crippen MR) is 88.1 cm³/mol. The second-order valence-corrected chi connectivity index (χ2v) is 5.22. The Labute approximate surface area is 128 Å². The van der Waals surface area contributed by atoms with Gasteiger partial charge < -0.3 is 0 Å². The summed E-state index contributed by atoms with van der Waals surface area (Å²) in [6.07, 6.45) is 3.52. The Bertz CT molecular complexity index is 713. The standard InChI is InChI=1S/C17H13N3S/c1-12(21)13-10-16(14-6-2-4-8-18-14)20-17(11-13)15-7-3-5-9-19-15/h2-11H,1H3. The fourth-order valence-electron chi connectivity index (χ4n) is 2.02. The summed E-state index contributed by atoms with van der Waals surface area (Å²) in [6, 6.07) is 15.5. The molecule has 0 bridgehead atoms. The van der Waals surface area contributed by atoms with Crippen LogP contribution >= 0.6 is 12.2 Å². The molecule has 0 spiro atoms. The zero-order valence-electron chi connectivity index (χ0n) is 11.5. The van der Waals surface area contributed by atoms with Crippen molar-refractivity contribution in [2.45, 2.75) is 6.92 Å². The Morgan fingerprint density at radius 2 is 1.33 bits per heavy atom. The van der Waals surface area contributed by atoms with E-state index < -0.39 is 0 Å². The first-order valence-corrected chi connectivity index (χ1v) is 7.01. The van der Waals surface area contributed by atoms with Crippen molar-refractivity contribution in [2.24, 2.45) is 0 Å². The molecule has 0 saturated heterocycles. The smallest absolute Gasteiger partial charge is 0.0900 e. The zero-order chi connectivity index (χ0) is 14.7. The van der Waals surface area contributed by atoms with Crippen molar-refractivity contribution in [1.82, 2.24) is 15.0 Å². The highest BCUT2D eigenvalue weighted by atomic mass is 32.1. The highest BCUT2D eigenvalue weighted by Crippen LogP contribution is 2.22. The van der Waals surface area contributed by atoms with Gasteiger partial charge in [-0.15, -0.1) is 0 Å². The van der Waals surface area contributed by atoms with E-state index in [0.29, 0.717) is 0 Å². The molecule has 3 nitrogen and oxygen atoms in total. The van der Waals surface area contributed by atoms with Gasteiger partial charge in [-0.3, -0.25) is 9.97 Å². The van der Waals surface area contributed by atoms with Crippen molar-refractivity contribution in [2.75, 3.05) is 0 Å². The lowest BCUT2D eigenvalue weighted by molar-refractivity contribution is 1.22. The molecule has 3 aromatic heterocycles. The zero-order valence-corrected chi connectivity index (χ0v) is 12.3. The van der Waals surface area contributed by atoms with Crippen LogP contribution in [-0.4, -0.2) is 19.8 Å². The first-order chi connectivity index (χ1) is 10.2. The maximum absolute atomic E-state index is 5.31. The van der Waals surface area contributed by atoms with Crippen molar-refractivity contribution in [1.29, 1.82) is 0 Å². The van der Waals surface area contributed by atoms with Crippen molar-refractivity contribution >= 4 is 17.1 Å². The van der Waals surface area contributed by atoms with Crippen LogP contribution in [0.2, 0.25) is 0 Å². The minimum atomic E-state index is 0.804. The molecule has 102 valence electrons. The summed E-state index contributed by atoms with van der Waals surface area (Å²) in [6.45, 7) is 1.91. The molecule has 0 unspecified atom stereocenters. The Hall–Kier alpha value is -2.46. The third kappa shape index (κ3) is 3.01. The van der Waals surface area contributed by atoms with Crippen LogP contribution in [0.25, 0.3) is 22.8 Å². The van der Waals surface area contributed by atoms with Gasteiger partial charge in [0.15, 0.2) is 0 Å². The molecule has 0 aliphatic heterocycles. The van der Waals surface area contributed by atoms with Gasteiger partial charge in [0.05, 0.1) is 22.8 Å². The summed E-state index contributed by atoms with van der Waals surface area (Å²) in [4.78, 5) is 14.2. The maximum atomic E-state index is 5.31. The molecule has 0 radical (unpaired) electrons. The van der Waals surface area contributed by atoms with Crippen LogP contribution in [-0.2, 0) is 0 Å². The third-order valence-electron chi connectivity index (χ3n) is 3.09. The van der Waals surface area contributed by atoms with Crippen LogP contribution < -0.4 is 0 Å². The van der Waals surface area contributed by atoms with Crippen LogP contribution in [0.5, 0.6) is 0 Å². The lowest BCUT2D eigenvalue weighted by Crippen LogP contribution is -1.98. The molecule has 0 amide bonds. The number of thiocarbonyl (C=S) groups is 1. The number of pyridine rings is 3. The van der Waals surface area contributed by atoms with Crippen molar-refractivity contribution in [3.8, 4) is 22.8 Å². The average Bonchev–Trinajstić information content (AvgIpc) is 2.56. The van der Waals surface area contributed by atoms with Crippen LogP contribution in [0.3, 0.4) is 0 Å². The van der Waals surface area contributed by atoms with Gasteiger partial charge in [-0.2, -0.15) is 0 Å². The van der Waals surface area contributed by atoms with Gasteiger partial charge in [0.1, 0.15) is 0 Å². The quantitative estimate of drug-likeness (QED) is 0.541. The summed E-state index contributed by atoms with van der Waals surface area (Å²) < 4.78 is 0. The summed E-state index contributed by atoms with van der Waals surface area (Å²) in [5, 5.41) is 0. The molecule has 0 aliphatic rings. The molecular formula is C17H13N3S. The molecule has 0 N–H and O–H groups in total. The fraction of sp³-hybridized carbons (Fsp3) is 0.0588. The van der Waals surface area contributed by atoms with E-state index in [9.17, 15) is 0 Å². The van der Waals surface area contributed by atoms with E-state index in [1.54, 1.807) is 12.4 Å². The van der Waals surface area contributed by atoms with Gasteiger partial charge in [-0.1, -0.05) is 24.4 Å². The van der Waals surface area contributed by atoms with Crippen molar-refractivity contribution in [3.63, 3.8) is 0 Å². The number of hydrogen-bond donors (Lipinski definition) is 0. The third-order valence-corrected chi connectivity index (χ3v) is 3.32.